The summed E-state index contributed by atoms with van der Waals surface area (Å²) in [6, 6.07) is 57.9. The Bertz CT molecular complexity index is 3890. The maximum Gasteiger partial charge on any atom is 0.252 e. The van der Waals surface area contributed by atoms with Gasteiger partial charge in [0, 0.05) is 69.3 Å². The Morgan fingerprint density at radius 3 is 1.52 bits per heavy atom. The zero-order chi connectivity index (χ0) is 49.7. The number of furan rings is 1. The highest BCUT2D eigenvalue weighted by Gasteiger charge is 2.46. The summed E-state index contributed by atoms with van der Waals surface area (Å²) in [5.74, 6) is 6.27. The third kappa shape index (κ3) is 6.49. The van der Waals surface area contributed by atoms with Gasteiger partial charge in [-0.1, -0.05) is 69.3 Å². The summed E-state index contributed by atoms with van der Waals surface area (Å²) in [5, 5.41) is 3.25. The van der Waals surface area contributed by atoms with Crippen molar-refractivity contribution in [3.05, 3.63) is 169 Å². The smallest absolute Gasteiger partial charge is 0.252 e. The van der Waals surface area contributed by atoms with Gasteiger partial charge in [0.05, 0.1) is 17.1 Å². The Balaban J connectivity index is 0.970. The Morgan fingerprint density at radius 1 is 0.413 bits per heavy atom. The van der Waals surface area contributed by atoms with Crippen LogP contribution in [0.15, 0.2) is 168 Å². The van der Waals surface area contributed by atoms with Crippen LogP contribution in [-0.4, -0.2) is 33.9 Å². The largest absolute Gasteiger partial charge is 0.456 e. The van der Waals surface area contributed by atoms with Gasteiger partial charge in [0.15, 0.2) is 46.0 Å². The summed E-state index contributed by atoms with van der Waals surface area (Å²) >= 11 is 0. The highest BCUT2D eigenvalue weighted by atomic mass is 16.7. The van der Waals surface area contributed by atoms with E-state index in [1.54, 1.807) is 0 Å². The van der Waals surface area contributed by atoms with Crippen LogP contribution in [0.1, 0.15) is 26.3 Å². The summed E-state index contributed by atoms with van der Waals surface area (Å²) in [4.78, 5) is 7.02. The first-order valence-electron chi connectivity index (χ1n) is 25.1. The zero-order valence-electron chi connectivity index (χ0n) is 41.0. The molecule has 75 heavy (non-hydrogen) atoms. The fourth-order valence-electron chi connectivity index (χ4n) is 11.7. The van der Waals surface area contributed by atoms with E-state index in [0.29, 0.717) is 46.0 Å². The van der Waals surface area contributed by atoms with Crippen molar-refractivity contribution in [1.82, 2.24) is 0 Å². The van der Waals surface area contributed by atoms with Gasteiger partial charge in [-0.15, -0.1) is 0 Å². The minimum atomic E-state index is -0.297. The second-order valence-electron chi connectivity index (χ2n) is 20.6. The van der Waals surface area contributed by atoms with E-state index < -0.39 is 0 Å². The van der Waals surface area contributed by atoms with E-state index in [4.69, 9.17) is 42.3 Å². The molecule has 0 spiro atoms. The molecule has 1 aromatic heterocycles. The van der Waals surface area contributed by atoms with Crippen molar-refractivity contribution < 1.29 is 42.3 Å². The third-order valence-electron chi connectivity index (χ3n) is 15.3. The Kier molecular flexibility index (Phi) is 8.76. The van der Waals surface area contributed by atoms with Crippen LogP contribution in [0.4, 0.5) is 51.2 Å². The molecule has 10 aromatic rings. The topological polar surface area (TPSA) is 96.7 Å². The molecule has 364 valence electrons. The van der Waals surface area contributed by atoms with Crippen molar-refractivity contribution >= 4 is 96.0 Å². The maximum absolute atomic E-state index is 6.34. The molecular formula is C62H44BN3O9. The van der Waals surface area contributed by atoms with Gasteiger partial charge >= 0.3 is 0 Å². The number of rotatable bonds is 6. The van der Waals surface area contributed by atoms with Gasteiger partial charge in [-0.2, -0.15) is 0 Å². The van der Waals surface area contributed by atoms with Crippen molar-refractivity contribution in [1.29, 1.82) is 0 Å². The van der Waals surface area contributed by atoms with Gasteiger partial charge in [0.25, 0.3) is 6.71 Å². The van der Waals surface area contributed by atoms with E-state index in [1.807, 2.05) is 30.3 Å². The van der Waals surface area contributed by atoms with Crippen molar-refractivity contribution in [3.8, 4) is 57.3 Å². The minimum Gasteiger partial charge on any atom is -0.456 e. The fraction of sp³-hybridized carbons (Fsp3) is 0.129. The predicted molar refractivity (Wildman–Crippen MR) is 291 cm³/mol. The lowest BCUT2D eigenvalue weighted by molar-refractivity contribution is 0.173. The molecule has 6 aliphatic heterocycles. The van der Waals surface area contributed by atoms with Gasteiger partial charge in [0.1, 0.15) is 11.3 Å². The number of hydrogen-bond donors (Lipinski definition) is 0. The summed E-state index contributed by atoms with van der Waals surface area (Å²) < 4.78 is 55.0. The molecule has 0 aliphatic carbocycles. The van der Waals surface area contributed by atoms with Crippen LogP contribution in [-0.2, 0) is 5.41 Å². The van der Waals surface area contributed by atoms with E-state index in [1.165, 1.54) is 5.56 Å². The minimum absolute atomic E-state index is 0.0598. The maximum atomic E-state index is 6.34. The number of nitrogens with zero attached hydrogens (tertiary/aromatic N) is 3. The summed E-state index contributed by atoms with van der Waals surface area (Å²) in [6.45, 7) is 6.99. The first-order valence-corrected chi connectivity index (χ1v) is 25.1. The lowest BCUT2D eigenvalue weighted by atomic mass is 9.33. The number of ether oxygens (including phenoxy) is 8. The third-order valence-corrected chi connectivity index (χ3v) is 15.3. The second kappa shape index (κ2) is 15.6. The van der Waals surface area contributed by atoms with E-state index in [2.05, 4.69) is 169 Å². The number of hydrogen-bond acceptors (Lipinski definition) is 12. The summed E-state index contributed by atoms with van der Waals surface area (Å²) in [7, 11) is 0. The van der Waals surface area contributed by atoms with Gasteiger partial charge in [-0.25, -0.2) is 0 Å². The molecule has 9 aromatic carbocycles. The van der Waals surface area contributed by atoms with E-state index in [9.17, 15) is 0 Å². The van der Waals surface area contributed by atoms with Crippen molar-refractivity contribution in [3.63, 3.8) is 0 Å². The van der Waals surface area contributed by atoms with Crippen molar-refractivity contribution in [2.24, 2.45) is 0 Å². The molecule has 0 bridgehead atoms. The monoisotopic (exact) mass is 985 g/mol. The number of para-hydroxylation sites is 1. The van der Waals surface area contributed by atoms with Crippen molar-refractivity contribution in [2.45, 2.75) is 26.2 Å². The van der Waals surface area contributed by atoms with Crippen LogP contribution in [0.5, 0.6) is 46.0 Å². The van der Waals surface area contributed by atoms with Crippen LogP contribution in [0.25, 0.3) is 33.1 Å². The van der Waals surface area contributed by atoms with Gasteiger partial charge in [0.2, 0.25) is 27.2 Å². The van der Waals surface area contributed by atoms with Crippen LogP contribution in [0.3, 0.4) is 0 Å². The highest BCUT2D eigenvalue weighted by molar-refractivity contribution is 7.00. The molecule has 0 atom stereocenters. The molecule has 0 N–H and O–H groups in total. The second-order valence-corrected chi connectivity index (χ2v) is 20.6. The molecule has 12 nitrogen and oxygen atoms in total. The molecule has 0 radical (unpaired) electrons. The lowest BCUT2D eigenvalue weighted by Gasteiger charge is -2.45. The van der Waals surface area contributed by atoms with Crippen molar-refractivity contribution in [2.75, 3.05) is 41.9 Å². The average molecular weight is 986 g/mol. The quantitative estimate of drug-likeness (QED) is 0.148. The van der Waals surface area contributed by atoms with Gasteiger partial charge in [-0.3, -0.25) is 0 Å². The molecule has 13 heteroatoms. The molecule has 0 amide bonds. The molecule has 0 fully saturated rings. The fourth-order valence-corrected chi connectivity index (χ4v) is 11.7. The SMILES string of the molecule is CC(C)(C)c1ccc(N(c2cc3c4c(c2)N(c2ccc5c(c2)OCO5)c2cc5c(cc2B4c2cc4c(cc2N3c2ccc3c(c2)OCO3)OCO4)OCO5)c2ccc3cc(-c4cc5ccccc5o4)ccc3c2)cc1. The first kappa shape index (κ1) is 42.2. The van der Waals surface area contributed by atoms with Crippen LogP contribution >= 0.6 is 0 Å². The molecule has 0 saturated carbocycles. The van der Waals surface area contributed by atoms with Crippen LogP contribution in [0.2, 0.25) is 0 Å². The van der Waals surface area contributed by atoms with Gasteiger partial charge < -0.3 is 57.0 Å². The molecular weight excluding hydrogens is 942 g/mol. The Labute approximate surface area is 431 Å². The molecule has 6 aliphatic rings. The van der Waals surface area contributed by atoms with Crippen LogP contribution in [0, 0.1) is 0 Å². The summed E-state index contributed by atoms with van der Waals surface area (Å²) in [5.41, 5.74) is 14.7. The normalized spacial score (nSPS) is 14.9. The zero-order valence-corrected chi connectivity index (χ0v) is 41.0. The van der Waals surface area contributed by atoms with E-state index >= 15 is 0 Å². The van der Waals surface area contributed by atoms with E-state index in [-0.39, 0.29) is 39.3 Å². The Morgan fingerprint density at radius 2 is 0.933 bits per heavy atom. The lowest BCUT2D eigenvalue weighted by Crippen LogP contribution is -2.61. The standard InChI is InChI=1S/C62H44BN3O9/c1-62(2,3)39-11-14-40(15-12-39)64(41-13-10-35-20-38(9-8-36(35)21-41)54-22-37-6-4-5-7-51(37)75-54)44-23-49-61-50(24-44)66(43-17-19-53-56(26-43)70-32-68-53)48-30-60-58(72-34-74-60)28-46(48)63(61)45-27-57-59(73-33-71-57)29-47(45)65(49)42-16-18-52-55(25-42)69-31-67-52/h4-30H,31-34H2,1-3H3. The number of benzene rings is 9. The summed E-state index contributed by atoms with van der Waals surface area (Å²) in [6.07, 6.45) is 0. The molecule has 0 unspecified atom stereocenters. The van der Waals surface area contributed by atoms with Crippen LogP contribution < -0.4 is 69.0 Å². The Hall–Kier alpha value is -9.36. The number of anilines is 9. The first-order chi connectivity index (χ1) is 36.7. The highest BCUT2D eigenvalue weighted by Crippen LogP contribution is 2.53. The van der Waals surface area contributed by atoms with Gasteiger partial charge in [-0.05, 0) is 129 Å². The molecule has 0 saturated heterocycles. The average Bonchev–Trinajstić information content (AvgIpc) is 4.37. The molecule has 7 heterocycles. The molecule has 16 rings (SSSR count). The predicted octanol–water partition coefficient (Wildman–Crippen LogP) is 13.0. The van der Waals surface area contributed by atoms with E-state index in [0.717, 1.165) is 101 Å². The number of fused-ring (bicyclic) bond motifs is 10.